The van der Waals surface area contributed by atoms with Crippen LogP contribution in [0.5, 0.6) is 0 Å². The molecular formula is C20H20ClN3O3. The van der Waals surface area contributed by atoms with Gasteiger partial charge in [0.05, 0.1) is 10.7 Å². The maximum absolute atomic E-state index is 12.9. The number of hydrogen-bond donors (Lipinski definition) is 2. The summed E-state index contributed by atoms with van der Waals surface area (Å²) in [6.45, 7) is 5.06. The van der Waals surface area contributed by atoms with Crippen molar-refractivity contribution in [1.82, 2.24) is 10.2 Å². The maximum atomic E-state index is 12.9. The molecule has 0 radical (unpaired) electrons. The third-order valence-electron chi connectivity index (χ3n) is 4.60. The molecule has 27 heavy (non-hydrogen) atoms. The highest BCUT2D eigenvalue weighted by atomic mass is 35.5. The fraction of sp³-hybridized carbons (Fsp3) is 0.250. The molecule has 7 heteroatoms. The first-order valence-corrected chi connectivity index (χ1v) is 8.86. The molecule has 1 fully saturated rings. The smallest absolute Gasteiger partial charge is 0.323 e. The number of halogens is 1. The molecule has 1 atom stereocenters. The van der Waals surface area contributed by atoms with E-state index in [2.05, 4.69) is 10.6 Å². The molecule has 1 saturated heterocycles. The van der Waals surface area contributed by atoms with Crippen LogP contribution >= 0.6 is 11.6 Å². The summed E-state index contributed by atoms with van der Waals surface area (Å²) in [4.78, 5) is 38.4. The Kier molecular flexibility index (Phi) is 4.93. The highest BCUT2D eigenvalue weighted by Crippen LogP contribution is 2.29. The van der Waals surface area contributed by atoms with Crippen LogP contribution in [0.1, 0.15) is 23.6 Å². The van der Waals surface area contributed by atoms with E-state index in [1.807, 2.05) is 32.0 Å². The monoisotopic (exact) mass is 385 g/mol. The normalized spacial score (nSPS) is 19.2. The first kappa shape index (κ1) is 18.9. The van der Waals surface area contributed by atoms with E-state index in [0.717, 1.165) is 16.0 Å². The van der Waals surface area contributed by atoms with E-state index in [4.69, 9.17) is 11.6 Å². The Bertz CT molecular complexity index is 927. The Hall–Kier alpha value is -2.86. The van der Waals surface area contributed by atoms with Crippen LogP contribution in [0.4, 0.5) is 10.5 Å². The summed E-state index contributed by atoms with van der Waals surface area (Å²) < 4.78 is 0. The first-order chi connectivity index (χ1) is 12.7. The van der Waals surface area contributed by atoms with E-state index in [9.17, 15) is 14.4 Å². The Balaban J connectivity index is 1.75. The van der Waals surface area contributed by atoms with Crippen molar-refractivity contribution in [3.63, 3.8) is 0 Å². The quantitative estimate of drug-likeness (QED) is 0.792. The van der Waals surface area contributed by atoms with Crippen molar-refractivity contribution < 1.29 is 14.4 Å². The van der Waals surface area contributed by atoms with Gasteiger partial charge < -0.3 is 10.6 Å². The van der Waals surface area contributed by atoms with Crippen LogP contribution in [0, 0.1) is 13.8 Å². The molecular weight excluding hydrogens is 366 g/mol. The summed E-state index contributed by atoms with van der Waals surface area (Å²) in [5.74, 6) is -0.973. The number of aryl methyl sites for hydroxylation is 2. The summed E-state index contributed by atoms with van der Waals surface area (Å²) in [6, 6.07) is 11.9. The molecule has 2 aromatic rings. The zero-order chi connectivity index (χ0) is 19.8. The summed E-state index contributed by atoms with van der Waals surface area (Å²) in [6.07, 6.45) is 0. The Morgan fingerprint density at radius 1 is 1.11 bits per heavy atom. The minimum absolute atomic E-state index is 0.393. The number of nitrogens with one attached hydrogen (secondary N) is 2. The molecule has 0 saturated carbocycles. The lowest BCUT2D eigenvalue weighted by Crippen LogP contribution is -2.42. The standard InChI is InChI=1S/C20H20ClN3O3/c1-12-4-7-14(8-5-12)20(3)18(26)24(19(27)23-20)11-17(25)22-16-9-6-13(2)10-15(16)21/h4-10H,11H2,1-3H3,(H,22,25)(H,23,27). The lowest BCUT2D eigenvalue weighted by molar-refractivity contribution is -0.133. The molecule has 1 heterocycles. The molecule has 1 aliphatic rings. The summed E-state index contributed by atoms with van der Waals surface area (Å²) in [7, 11) is 0. The molecule has 140 valence electrons. The van der Waals surface area contributed by atoms with Gasteiger partial charge in [0, 0.05) is 0 Å². The van der Waals surface area contributed by atoms with Crippen molar-refractivity contribution in [1.29, 1.82) is 0 Å². The van der Waals surface area contributed by atoms with Gasteiger partial charge in [0.15, 0.2) is 0 Å². The summed E-state index contributed by atoms with van der Waals surface area (Å²) >= 11 is 6.11. The molecule has 4 amide bonds. The maximum Gasteiger partial charge on any atom is 0.325 e. The molecule has 0 aromatic heterocycles. The number of rotatable bonds is 4. The van der Waals surface area contributed by atoms with Crippen LogP contribution in [0.25, 0.3) is 0 Å². The van der Waals surface area contributed by atoms with Crippen LogP contribution in [0.15, 0.2) is 42.5 Å². The minimum atomic E-state index is -1.20. The van der Waals surface area contributed by atoms with Crippen LogP contribution in [-0.2, 0) is 15.1 Å². The van der Waals surface area contributed by atoms with Crippen LogP contribution < -0.4 is 10.6 Å². The van der Waals surface area contributed by atoms with Crippen molar-refractivity contribution in [2.75, 3.05) is 11.9 Å². The van der Waals surface area contributed by atoms with E-state index in [1.165, 1.54) is 0 Å². The van der Waals surface area contributed by atoms with E-state index >= 15 is 0 Å². The van der Waals surface area contributed by atoms with Gasteiger partial charge in [-0.15, -0.1) is 0 Å². The molecule has 2 N–H and O–H groups in total. The van der Waals surface area contributed by atoms with E-state index < -0.39 is 29.9 Å². The lowest BCUT2D eigenvalue weighted by atomic mass is 9.91. The Morgan fingerprint density at radius 2 is 1.74 bits per heavy atom. The number of urea groups is 1. The van der Waals surface area contributed by atoms with Gasteiger partial charge in [-0.25, -0.2) is 4.79 Å². The SMILES string of the molecule is Cc1ccc(C2(C)NC(=O)N(CC(=O)Nc3ccc(C)cc3Cl)C2=O)cc1. The van der Waals surface area contributed by atoms with Gasteiger partial charge >= 0.3 is 6.03 Å². The third kappa shape index (κ3) is 3.66. The average molecular weight is 386 g/mol. The molecule has 0 aliphatic carbocycles. The topological polar surface area (TPSA) is 78.5 Å². The van der Waals surface area contributed by atoms with Crippen molar-refractivity contribution in [2.24, 2.45) is 0 Å². The molecule has 3 rings (SSSR count). The second kappa shape index (κ2) is 7.04. The molecule has 0 spiro atoms. The fourth-order valence-corrected chi connectivity index (χ4v) is 3.26. The van der Waals surface area contributed by atoms with Gasteiger partial charge in [0.1, 0.15) is 12.1 Å². The molecule has 6 nitrogen and oxygen atoms in total. The van der Waals surface area contributed by atoms with Crippen molar-refractivity contribution in [3.8, 4) is 0 Å². The molecule has 0 bridgehead atoms. The second-order valence-corrected chi connectivity index (χ2v) is 7.25. The van der Waals surface area contributed by atoms with Gasteiger partial charge in [-0.1, -0.05) is 47.5 Å². The van der Waals surface area contributed by atoms with E-state index in [0.29, 0.717) is 16.3 Å². The molecule has 1 unspecified atom stereocenters. The molecule has 2 aromatic carbocycles. The number of anilines is 1. The number of nitrogens with zero attached hydrogens (tertiary/aromatic N) is 1. The predicted molar refractivity (Wildman–Crippen MR) is 104 cm³/mol. The number of hydrogen-bond acceptors (Lipinski definition) is 3. The number of imide groups is 1. The average Bonchev–Trinajstić information content (AvgIpc) is 2.82. The van der Waals surface area contributed by atoms with Crippen molar-refractivity contribution >= 4 is 35.1 Å². The highest BCUT2D eigenvalue weighted by Gasteiger charge is 2.49. The van der Waals surface area contributed by atoms with E-state index in [-0.39, 0.29) is 0 Å². The zero-order valence-electron chi connectivity index (χ0n) is 15.3. The van der Waals surface area contributed by atoms with Crippen molar-refractivity contribution in [2.45, 2.75) is 26.3 Å². The van der Waals surface area contributed by atoms with Gasteiger partial charge in [-0.3, -0.25) is 14.5 Å². The number of carbonyl (C=O) groups is 3. The largest absolute Gasteiger partial charge is 0.325 e. The number of amides is 4. The van der Waals surface area contributed by atoms with Crippen molar-refractivity contribution in [3.05, 3.63) is 64.2 Å². The van der Waals surface area contributed by atoms with Gasteiger partial charge in [-0.2, -0.15) is 0 Å². The van der Waals surface area contributed by atoms with Crippen LogP contribution in [0.3, 0.4) is 0 Å². The Labute approximate surface area is 162 Å². The third-order valence-corrected chi connectivity index (χ3v) is 4.92. The van der Waals surface area contributed by atoms with Crippen LogP contribution in [0.2, 0.25) is 5.02 Å². The van der Waals surface area contributed by atoms with E-state index in [1.54, 1.807) is 31.2 Å². The predicted octanol–water partition coefficient (Wildman–Crippen LogP) is 3.36. The first-order valence-electron chi connectivity index (χ1n) is 8.48. The Morgan fingerprint density at radius 3 is 2.37 bits per heavy atom. The number of carbonyl (C=O) groups excluding carboxylic acids is 3. The van der Waals surface area contributed by atoms with Gasteiger partial charge in [0.2, 0.25) is 5.91 Å². The van der Waals surface area contributed by atoms with Crippen LogP contribution in [-0.4, -0.2) is 29.3 Å². The fourth-order valence-electron chi connectivity index (χ4n) is 2.98. The highest BCUT2D eigenvalue weighted by molar-refractivity contribution is 6.33. The second-order valence-electron chi connectivity index (χ2n) is 6.84. The van der Waals surface area contributed by atoms with Gasteiger partial charge in [0.25, 0.3) is 5.91 Å². The minimum Gasteiger partial charge on any atom is -0.323 e. The summed E-state index contributed by atoms with van der Waals surface area (Å²) in [5, 5.41) is 5.71. The van der Waals surface area contributed by atoms with Gasteiger partial charge in [-0.05, 0) is 44.0 Å². The number of benzene rings is 2. The lowest BCUT2D eigenvalue weighted by Gasteiger charge is -2.22. The zero-order valence-corrected chi connectivity index (χ0v) is 16.1. The summed E-state index contributed by atoms with van der Waals surface area (Å²) in [5.41, 5.74) is 1.90. The molecule has 1 aliphatic heterocycles.